The molecule has 2 aromatic rings. The predicted octanol–water partition coefficient (Wildman–Crippen LogP) is 3.30. The fourth-order valence-corrected chi connectivity index (χ4v) is 2.19. The van der Waals surface area contributed by atoms with E-state index in [1.54, 1.807) is 12.1 Å². The number of benzene rings is 2. The summed E-state index contributed by atoms with van der Waals surface area (Å²) in [6, 6.07) is 14.5. The Morgan fingerprint density at radius 3 is 2.48 bits per heavy atom. The molecular weight excluding hydrogens is 265 g/mol. The molecule has 4 heteroatoms. The minimum absolute atomic E-state index is 0.0936. The van der Waals surface area contributed by atoms with Crippen LogP contribution in [0.15, 0.2) is 42.5 Å². The van der Waals surface area contributed by atoms with E-state index < -0.39 is 5.82 Å². The SMILES string of the molecule is CCN(Cc1ccc(N)cc1)Cc1cccc(C#N)c1F. The highest BCUT2D eigenvalue weighted by atomic mass is 19.1. The minimum Gasteiger partial charge on any atom is -0.399 e. The van der Waals surface area contributed by atoms with Crippen LogP contribution in [0.3, 0.4) is 0 Å². The Morgan fingerprint density at radius 1 is 1.14 bits per heavy atom. The number of nitrogens with zero attached hydrogens (tertiary/aromatic N) is 2. The Morgan fingerprint density at radius 2 is 1.86 bits per heavy atom. The van der Waals surface area contributed by atoms with E-state index in [0.29, 0.717) is 18.7 Å². The average molecular weight is 283 g/mol. The molecule has 0 unspecified atom stereocenters. The summed E-state index contributed by atoms with van der Waals surface area (Å²) in [5.41, 5.74) is 8.17. The zero-order valence-electron chi connectivity index (χ0n) is 12.0. The van der Waals surface area contributed by atoms with Gasteiger partial charge in [0.2, 0.25) is 0 Å². The third-order valence-electron chi connectivity index (χ3n) is 3.43. The molecule has 0 heterocycles. The van der Waals surface area contributed by atoms with Crippen LogP contribution in [-0.4, -0.2) is 11.4 Å². The second-order valence-corrected chi connectivity index (χ2v) is 4.94. The van der Waals surface area contributed by atoms with Gasteiger partial charge in [-0.1, -0.05) is 31.2 Å². The first kappa shape index (κ1) is 15.0. The second-order valence-electron chi connectivity index (χ2n) is 4.94. The quantitative estimate of drug-likeness (QED) is 0.857. The summed E-state index contributed by atoms with van der Waals surface area (Å²) in [6.45, 7) is 4.01. The number of rotatable bonds is 5. The third kappa shape index (κ3) is 3.80. The van der Waals surface area contributed by atoms with Gasteiger partial charge in [-0.05, 0) is 30.3 Å². The van der Waals surface area contributed by atoms with E-state index in [9.17, 15) is 4.39 Å². The summed E-state index contributed by atoms with van der Waals surface area (Å²) in [6.07, 6.45) is 0. The van der Waals surface area contributed by atoms with Crippen molar-refractivity contribution < 1.29 is 4.39 Å². The number of hydrogen-bond acceptors (Lipinski definition) is 3. The molecule has 0 spiro atoms. The minimum atomic E-state index is -0.421. The van der Waals surface area contributed by atoms with E-state index in [2.05, 4.69) is 4.90 Å². The molecule has 0 amide bonds. The molecule has 21 heavy (non-hydrogen) atoms. The Kier molecular flexibility index (Phi) is 4.91. The summed E-state index contributed by atoms with van der Waals surface area (Å²) >= 11 is 0. The highest BCUT2D eigenvalue weighted by Crippen LogP contribution is 2.16. The fraction of sp³-hybridized carbons (Fsp3) is 0.235. The Labute approximate surface area is 124 Å². The van der Waals surface area contributed by atoms with Crippen LogP contribution in [0.4, 0.5) is 10.1 Å². The first-order valence-electron chi connectivity index (χ1n) is 6.88. The van der Waals surface area contributed by atoms with Gasteiger partial charge < -0.3 is 5.73 Å². The van der Waals surface area contributed by atoms with E-state index in [1.807, 2.05) is 37.3 Å². The molecule has 108 valence electrons. The van der Waals surface area contributed by atoms with Crippen LogP contribution in [-0.2, 0) is 13.1 Å². The Hall–Kier alpha value is -2.38. The number of nitrogen functional groups attached to an aromatic ring is 1. The smallest absolute Gasteiger partial charge is 0.145 e. The molecule has 0 radical (unpaired) electrons. The predicted molar refractivity (Wildman–Crippen MR) is 81.8 cm³/mol. The molecule has 3 nitrogen and oxygen atoms in total. The van der Waals surface area contributed by atoms with Gasteiger partial charge in [0.15, 0.2) is 0 Å². The fourth-order valence-electron chi connectivity index (χ4n) is 2.19. The van der Waals surface area contributed by atoms with E-state index in [-0.39, 0.29) is 5.56 Å². The van der Waals surface area contributed by atoms with Crippen molar-refractivity contribution >= 4 is 5.69 Å². The highest BCUT2D eigenvalue weighted by molar-refractivity contribution is 5.39. The molecule has 2 N–H and O–H groups in total. The summed E-state index contributed by atoms with van der Waals surface area (Å²) in [5.74, 6) is -0.421. The van der Waals surface area contributed by atoms with Gasteiger partial charge >= 0.3 is 0 Å². The van der Waals surface area contributed by atoms with Crippen molar-refractivity contribution in [1.29, 1.82) is 5.26 Å². The van der Waals surface area contributed by atoms with Gasteiger partial charge in [-0.2, -0.15) is 5.26 Å². The monoisotopic (exact) mass is 283 g/mol. The van der Waals surface area contributed by atoms with Crippen LogP contribution >= 0.6 is 0 Å². The molecule has 0 bridgehead atoms. The Balaban J connectivity index is 2.13. The van der Waals surface area contributed by atoms with Crippen molar-refractivity contribution in [2.75, 3.05) is 12.3 Å². The summed E-state index contributed by atoms with van der Waals surface area (Å²) < 4.78 is 14.1. The Bertz CT molecular complexity index is 644. The lowest BCUT2D eigenvalue weighted by Gasteiger charge is -2.21. The molecule has 0 atom stereocenters. The standard InChI is InChI=1S/C17H18FN3/c1-2-21(11-13-6-8-16(20)9-7-13)12-15-5-3-4-14(10-19)17(15)18/h3-9H,2,11-12,20H2,1H3. The second kappa shape index (κ2) is 6.87. The van der Waals surface area contributed by atoms with Gasteiger partial charge in [0.1, 0.15) is 11.9 Å². The van der Waals surface area contributed by atoms with Crippen LogP contribution in [0.1, 0.15) is 23.6 Å². The summed E-state index contributed by atoms with van der Waals surface area (Å²) in [7, 11) is 0. The maximum absolute atomic E-state index is 14.1. The van der Waals surface area contributed by atoms with Crippen molar-refractivity contribution in [3.8, 4) is 6.07 Å². The van der Waals surface area contributed by atoms with Gasteiger partial charge in [-0.15, -0.1) is 0 Å². The molecule has 0 fully saturated rings. The molecular formula is C17H18FN3. The van der Waals surface area contributed by atoms with Crippen molar-refractivity contribution in [1.82, 2.24) is 4.90 Å². The van der Waals surface area contributed by atoms with Gasteiger partial charge in [-0.25, -0.2) is 4.39 Å². The van der Waals surface area contributed by atoms with Crippen LogP contribution in [0.2, 0.25) is 0 Å². The molecule has 0 aliphatic rings. The zero-order chi connectivity index (χ0) is 15.2. The largest absolute Gasteiger partial charge is 0.399 e. The maximum atomic E-state index is 14.1. The van der Waals surface area contributed by atoms with Gasteiger partial charge in [0.25, 0.3) is 0 Å². The molecule has 0 saturated heterocycles. The molecule has 0 saturated carbocycles. The summed E-state index contributed by atoms with van der Waals surface area (Å²) in [5, 5.41) is 8.88. The van der Waals surface area contributed by atoms with E-state index in [0.717, 1.165) is 17.8 Å². The number of anilines is 1. The van der Waals surface area contributed by atoms with Crippen LogP contribution < -0.4 is 5.73 Å². The normalized spacial score (nSPS) is 10.6. The number of nitrogens with two attached hydrogens (primary N) is 1. The van der Waals surface area contributed by atoms with Crippen molar-refractivity contribution in [3.05, 3.63) is 65.0 Å². The third-order valence-corrected chi connectivity index (χ3v) is 3.43. The van der Waals surface area contributed by atoms with Crippen molar-refractivity contribution in [3.63, 3.8) is 0 Å². The van der Waals surface area contributed by atoms with Crippen molar-refractivity contribution in [2.24, 2.45) is 0 Å². The van der Waals surface area contributed by atoms with E-state index >= 15 is 0 Å². The van der Waals surface area contributed by atoms with Gasteiger partial charge in [0, 0.05) is 24.3 Å². The molecule has 0 aromatic heterocycles. The first-order chi connectivity index (χ1) is 10.1. The number of halogens is 1. The van der Waals surface area contributed by atoms with Gasteiger partial charge in [0.05, 0.1) is 5.56 Å². The summed E-state index contributed by atoms with van der Waals surface area (Å²) in [4.78, 5) is 2.12. The molecule has 2 rings (SSSR count). The maximum Gasteiger partial charge on any atom is 0.145 e. The lowest BCUT2D eigenvalue weighted by atomic mass is 10.1. The van der Waals surface area contributed by atoms with Crippen molar-refractivity contribution in [2.45, 2.75) is 20.0 Å². The lowest BCUT2D eigenvalue weighted by Crippen LogP contribution is -2.23. The molecule has 0 aliphatic carbocycles. The lowest BCUT2D eigenvalue weighted by molar-refractivity contribution is 0.267. The van der Waals surface area contributed by atoms with E-state index in [4.69, 9.17) is 11.0 Å². The number of nitriles is 1. The van der Waals surface area contributed by atoms with Crippen LogP contribution in [0, 0.1) is 17.1 Å². The molecule has 0 aliphatic heterocycles. The topological polar surface area (TPSA) is 53.0 Å². The van der Waals surface area contributed by atoms with Crippen LogP contribution in [0.25, 0.3) is 0 Å². The first-order valence-corrected chi connectivity index (χ1v) is 6.88. The molecule has 2 aromatic carbocycles. The van der Waals surface area contributed by atoms with Crippen LogP contribution in [0.5, 0.6) is 0 Å². The average Bonchev–Trinajstić information content (AvgIpc) is 2.50. The highest BCUT2D eigenvalue weighted by Gasteiger charge is 2.11. The zero-order valence-corrected chi connectivity index (χ0v) is 12.0. The van der Waals surface area contributed by atoms with E-state index in [1.165, 1.54) is 6.07 Å². The number of hydrogen-bond donors (Lipinski definition) is 1. The van der Waals surface area contributed by atoms with Gasteiger partial charge in [-0.3, -0.25) is 4.90 Å².